The zero-order valence-electron chi connectivity index (χ0n) is 14.4. The Balaban J connectivity index is 2.22. The molecule has 0 aromatic carbocycles. The quantitative estimate of drug-likeness (QED) is 0.281. The number of halogens is 1. The van der Waals surface area contributed by atoms with Gasteiger partial charge in [0, 0.05) is 12.3 Å². The van der Waals surface area contributed by atoms with Gasteiger partial charge < -0.3 is 18.9 Å². The monoisotopic (exact) mass is 428 g/mol. The van der Waals surface area contributed by atoms with Crippen molar-refractivity contribution in [1.82, 2.24) is 0 Å². The van der Waals surface area contributed by atoms with Crippen LogP contribution in [0, 0.1) is 11.8 Å². The Morgan fingerprint density at radius 3 is 2.38 bits per heavy atom. The lowest BCUT2D eigenvalue weighted by atomic mass is 9.60. The lowest BCUT2D eigenvalue weighted by Crippen LogP contribution is -2.64. The molecule has 2 aliphatic carbocycles. The van der Waals surface area contributed by atoms with Crippen molar-refractivity contribution in [2.75, 3.05) is 21.3 Å². The van der Waals surface area contributed by atoms with E-state index in [1.54, 1.807) is 6.08 Å². The molecule has 0 N–H and O–H groups in total. The molecule has 26 heavy (non-hydrogen) atoms. The van der Waals surface area contributed by atoms with Crippen molar-refractivity contribution in [3.05, 3.63) is 22.8 Å². The SMILES string of the molecule is COC(=O)C1=C(C(=O)OC)[C@H]2C(=CC1)[C@H]1C[C@H](C(=O)OC)[C@]2(Br)C(=O)O1. The first-order chi connectivity index (χ1) is 12.3. The van der Waals surface area contributed by atoms with Crippen molar-refractivity contribution in [3.63, 3.8) is 0 Å². The number of alkyl halides is 1. The van der Waals surface area contributed by atoms with Crippen LogP contribution in [0.2, 0.25) is 0 Å². The summed E-state index contributed by atoms with van der Waals surface area (Å²) in [5.41, 5.74) is 0.759. The molecule has 8 nitrogen and oxygen atoms in total. The van der Waals surface area contributed by atoms with Gasteiger partial charge in [0.1, 0.15) is 10.4 Å². The molecule has 0 spiro atoms. The van der Waals surface area contributed by atoms with Crippen LogP contribution < -0.4 is 0 Å². The van der Waals surface area contributed by atoms with E-state index in [1.807, 2.05) is 0 Å². The minimum atomic E-state index is -1.57. The number of rotatable bonds is 3. The van der Waals surface area contributed by atoms with E-state index in [0.29, 0.717) is 5.57 Å². The molecular weight excluding hydrogens is 412 g/mol. The maximum absolute atomic E-state index is 12.7. The number of carbonyl (C=O) groups excluding carboxylic acids is 4. The van der Waals surface area contributed by atoms with Crippen molar-refractivity contribution >= 4 is 39.8 Å². The largest absolute Gasteiger partial charge is 0.469 e. The van der Waals surface area contributed by atoms with Gasteiger partial charge in [0.2, 0.25) is 0 Å². The van der Waals surface area contributed by atoms with E-state index in [4.69, 9.17) is 18.9 Å². The van der Waals surface area contributed by atoms with Gasteiger partial charge in [0.05, 0.1) is 38.4 Å². The smallest absolute Gasteiger partial charge is 0.334 e. The second kappa shape index (κ2) is 6.53. The predicted octanol–water partition coefficient (Wildman–Crippen LogP) is 0.827. The third-order valence-corrected chi connectivity index (χ3v) is 6.46. The Morgan fingerprint density at radius 2 is 1.81 bits per heavy atom. The second-order valence-corrected chi connectivity index (χ2v) is 7.50. The van der Waals surface area contributed by atoms with Crippen LogP contribution >= 0.6 is 15.9 Å². The van der Waals surface area contributed by atoms with E-state index in [9.17, 15) is 19.2 Å². The number of carbonyl (C=O) groups is 4. The first-order valence-corrected chi connectivity index (χ1v) is 8.67. The van der Waals surface area contributed by atoms with Crippen LogP contribution in [0.4, 0.5) is 0 Å². The van der Waals surface area contributed by atoms with Gasteiger partial charge in [0.25, 0.3) is 0 Å². The molecule has 4 atom stereocenters. The lowest BCUT2D eigenvalue weighted by Gasteiger charge is -2.53. The van der Waals surface area contributed by atoms with E-state index >= 15 is 0 Å². The van der Waals surface area contributed by atoms with E-state index in [2.05, 4.69) is 15.9 Å². The summed E-state index contributed by atoms with van der Waals surface area (Å²) in [4.78, 5) is 49.7. The van der Waals surface area contributed by atoms with Crippen molar-refractivity contribution < 1.29 is 38.1 Å². The first kappa shape index (κ1) is 18.6. The average Bonchev–Trinajstić information content (AvgIpc) is 2.66. The molecule has 4 aliphatic rings. The highest BCUT2D eigenvalue weighted by Gasteiger charge is 2.67. The van der Waals surface area contributed by atoms with Gasteiger partial charge in [-0.25, -0.2) is 9.59 Å². The van der Waals surface area contributed by atoms with E-state index in [0.717, 1.165) is 0 Å². The van der Waals surface area contributed by atoms with Gasteiger partial charge in [-0.05, 0) is 12.0 Å². The topological polar surface area (TPSA) is 105 Å². The van der Waals surface area contributed by atoms with Crippen LogP contribution in [-0.2, 0) is 38.1 Å². The number of ether oxygens (including phenoxy) is 4. The van der Waals surface area contributed by atoms with Crippen molar-refractivity contribution in [3.8, 4) is 0 Å². The zero-order chi connectivity index (χ0) is 19.2. The number of hydrogen-bond acceptors (Lipinski definition) is 8. The van der Waals surface area contributed by atoms with Crippen molar-refractivity contribution in [2.24, 2.45) is 11.8 Å². The van der Waals surface area contributed by atoms with E-state index in [1.165, 1.54) is 21.3 Å². The molecule has 2 bridgehead atoms. The minimum Gasteiger partial charge on any atom is -0.469 e. The van der Waals surface area contributed by atoms with Crippen LogP contribution in [0.1, 0.15) is 12.8 Å². The fourth-order valence-electron chi connectivity index (χ4n) is 3.95. The molecule has 9 heteroatoms. The molecule has 2 saturated heterocycles. The lowest BCUT2D eigenvalue weighted by molar-refractivity contribution is -0.175. The fourth-order valence-corrected chi connectivity index (χ4v) is 4.92. The van der Waals surface area contributed by atoms with Gasteiger partial charge >= 0.3 is 23.9 Å². The molecule has 0 amide bonds. The van der Waals surface area contributed by atoms with Crippen LogP contribution in [-0.4, -0.2) is 55.6 Å². The first-order valence-electron chi connectivity index (χ1n) is 7.88. The average molecular weight is 429 g/mol. The van der Waals surface area contributed by atoms with Crippen LogP contribution in [0.5, 0.6) is 0 Å². The highest BCUT2D eigenvalue weighted by atomic mass is 79.9. The van der Waals surface area contributed by atoms with E-state index < -0.39 is 46.1 Å². The van der Waals surface area contributed by atoms with Gasteiger partial charge in [-0.1, -0.05) is 22.0 Å². The molecule has 0 radical (unpaired) electrons. The Labute approximate surface area is 157 Å². The molecular formula is C17H17BrO8. The molecule has 4 rings (SSSR count). The van der Waals surface area contributed by atoms with Crippen LogP contribution in [0.3, 0.4) is 0 Å². The number of allylic oxidation sites excluding steroid dienone is 1. The number of methoxy groups -OCH3 is 3. The third kappa shape index (κ3) is 2.40. The van der Waals surface area contributed by atoms with Crippen LogP contribution in [0.25, 0.3) is 0 Å². The maximum Gasteiger partial charge on any atom is 0.334 e. The van der Waals surface area contributed by atoms with Gasteiger partial charge in [-0.3, -0.25) is 9.59 Å². The highest BCUT2D eigenvalue weighted by Crippen LogP contribution is 2.58. The molecule has 0 aromatic rings. The van der Waals surface area contributed by atoms with Crippen molar-refractivity contribution in [2.45, 2.75) is 23.3 Å². The van der Waals surface area contributed by atoms with Gasteiger partial charge in [-0.15, -0.1) is 0 Å². The summed E-state index contributed by atoms with van der Waals surface area (Å²) >= 11 is 3.37. The van der Waals surface area contributed by atoms with Gasteiger partial charge in [-0.2, -0.15) is 0 Å². The highest BCUT2D eigenvalue weighted by molar-refractivity contribution is 9.10. The summed E-state index contributed by atoms with van der Waals surface area (Å²) in [5, 5.41) is 0. The third-order valence-electron chi connectivity index (χ3n) is 5.12. The van der Waals surface area contributed by atoms with E-state index in [-0.39, 0.29) is 24.0 Å². The van der Waals surface area contributed by atoms with Gasteiger partial charge in [0.15, 0.2) is 0 Å². The Bertz CT molecular complexity index is 767. The zero-order valence-corrected chi connectivity index (χ0v) is 16.0. The Kier molecular flexibility index (Phi) is 4.68. The molecule has 0 aromatic heterocycles. The number of hydrogen-bond donors (Lipinski definition) is 0. The predicted molar refractivity (Wildman–Crippen MR) is 88.9 cm³/mol. The van der Waals surface area contributed by atoms with Crippen molar-refractivity contribution in [1.29, 1.82) is 0 Å². The summed E-state index contributed by atoms with van der Waals surface area (Å²) in [5.74, 6) is -4.50. The summed E-state index contributed by atoms with van der Waals surface area (Å²) in [6.07, 6.45) is 1.44. The fraction of sp³-hybridized carbons (Fsp3) is 0.529. The summed E-state index contributed by atoms with van der Waals surface area (Å²) in [6, 6.07) is 0. The standard InChI is InChI=1S/C17H17BrO8/c1-23-13(19)8-5-4-7-10-6-9(14(20)24-2)17(18,16(22)26-10)12(7)11(8)15(21)25-3/h4,9-10,12H,5-6H2,1-3H3/t9-,10-,12-,17-/m1/s1. The number of esters is 4. The molecule has 0 unspecified atom stereocenters. The second-order valence-electron chi connectivity index (χ2n) is 6.19. The molecule has 140 valence electrons. The summed E-state index contributed by atoms with van der Waals surface area (Å²) < 4.78 is 18.3. The summed E-state index contributed by atoms with van der Waals surface area (Å²) in [7, 11) is 3.60. The molecule has 2 aliphatic heterocycles. The Morgan fingerprint density at radius 1 is 1.15 bits per heavy atom. The molecule has 3 fully saturated rings. The number of fused-ring (bicyclic) bond motifs is 2. The molecule has 2 heterocycles. The Hall–Kier alpha value is -2.16. The summed E-state index contributed by atoms with van der Waals surface area (Å²) in [6.45, 7) is 0. The van der Waals surface area contributed by atoms with Crippen LogP contribution in [0.15, 0.2) is 22.8 Å². The normalized spacial score (nSPS) is 32.2. The minimum absolute atomic E-state index is 0.00368. The maximum atomic E-state index is 12.7. The molecule has 1 saturated carbocycles.